The fourth-order valence-electron chi connectivity index (χ4n) is 4.83. The summed E-state index contributed by atoms with van der Waals surface area (Å²) in [7, 11) is -3.09. The third kappa shape index (κ3) is 4.99. The SMILES string of the molecule is Cc1ccc(C(C)C)c(OCc2ccc(NC(=O)CC3CS(=O)(=O)C4CNCC34)cc2)c1. The van der Waals surface area contributed by atoms with Crippen LogP contribution in [0.1, 0.15) is 42.9 Å². The van der Waals surface area contributed by atoms with Crippen LogP contribution in [0.25, 0.3) is 0 Å². The summed E-state index contributed by atoms with van der Waals surface area (Å²) >= 11 is 0. The maximum atomic E-state index is 12.5. The van der Waals surface area contributed by atoms with Gasteiger partial charge in [-0.15, -0.1) is 0 Å². The van der Waals surface area contributed by atoms with Gasteiger partial charge in [-0.05, 0) is 66.1 Å². The fraction of sp³-hybridized carbons (Fsp3) is 0.480. The molecule has 7 heteroatoms. The van der Waals surface area contributed by atoms with Crippen molar-refractivity contribution in [3.63, 3.8) is 0 Å². The lowest BCUT2D eigenvalue weighted by Crippen LogP contribution is -2.24. The monoisotopic (exact) mass is 456 g/mol. The van der Waals surface area contributed by atoms with Crippen LogP contribution in [-0.2, 0) is 21.2 Å². The molecular weight excluding hydrogens is 424 g/mol. The summed E-state index contributed by atoms with van der Waals surface area (Å²) in [5.41, 5.74) is 4.07. The Labute approximate surface area is 190 Å². The predicted molar refractivity (Wildman–Crippen MR) is 127 cm³/mol. The Hall–Kier alpha value is -2.38. The van der Waals surface area contributed by atoms with E-state index in [0.717, 1.165) is 16.9 Å². The Morgan fingerprint density at radius 1 is 1.16 bits per heavy atom. The Balaban J connectivity index is 1.32. The number of carbonyl (C=O) groups is 1. The first-order chi connectivity index (χ1) is 15.2. The highest BCUT2D eigenvalue weighted by Crippen LogP contribution is 2.36. The Kier molecular flexibility index (Phi) is 6.58. The molecule has 2 aliphatic heterocycles. The number of aryl methyl sites for hydroxylation is 1. The first kappa shape index (κ1) is 22.8. The van der Waals surface area contributed by atoms with E-state index >= 15 is 0 Å². The fourth-order valence-corrected chi connectivity index (χ4v) is 7.27. The number of hydrogen-bond donors (Lipinski definition) is 2. The number of amides is 1. The molecule has 2 aromatic rings. The van der Waals surface area contributed by atoms with E-state index in [4.69, 9.17) is 4.74 Å². The van der Waals surface area contributed by atoms with Gasteiger partial charge in [-0.3, -0.25) is 4.79 Å². The van der Waals surface area contributed by atoms with Crippen LogP contribution in [0.15, 0.2) is 42.5 Å². The molecule has 3 atom stereocenters. The van der Waals surface area contributed by atoms with Gasteiger partial charge < -0.3 is 15.4 Å². The van der Waals surface area contributed by atoms with Crippen molar-refractivity contribution in [3.05, 3.63) is 59.2 Å². The molecule has 2 aliphatic rings. The molecule has 0 bridgehead atoms. The van der Waals surface area contributed by atoms with Crippen molar-refractivity contribution in [3.8, 4) is 5.75 Å². The lowest BCUT2D eigenvalue weighted by atomic mass is 9.90. The molecule has 0 saturated carbocycles. The van der Waals surface area contributed by atoms with Crippen LogP contribution in [0.5, 0.6) is 5.75 Å². The molecule has 2 saturated heterocycles. The molecule has 0 aromatic heterocycles. The van der Waals surface area contributed by atoms with E-state index in [1.807, 2.05) is 24.3 Å². The minimum atomic E-state index is -3.09. The zero-order valence-corrected chi connectivity index (χ0v) is 19.7. The standard InChI is InChI=1S/C25H32N2O4S/c1-16(2)21-9-4-17(3)10-23(21)31-14-18-5-7-20(8-6-18)27-25(28)11-19-15-32(29,30)24-13-26-12-22(19)24/h4-10,16,19,22,24,26H,11-15H2,1-3H3,(H,27,28). The molecule has 0 radical (unpaired) electrons. The largest absolute Gasteiger partial charge is 0.489 e. The second-order valence-electron chi connectivity index (χ2n) is 9.38. The van der Waals surface area contributed by atoms with E-state index < -0.39 is 9.84 Å². The molecule has 2 heterocycles. The van der Waals surface area contributed by atoms with E-state index in [-0.39, 0.29) is 35.2 Å². The number of anilines is 1. The van der Waals surface area contributed by atoms with Crippen LogP contribution in [0, 0.1) is 18.8 Å². The Morgan fingerprint density at radius 2 is 1.91 bits per heavy atom. The number of hydrogen-bond acceptors (Lipinski definition) is 5. The van der Waals surface area contributed by atoms with Gasteiger partial charge >= 0.3 is 0 Å². The molecule has 4 rings (SSSR count). The average molecular weight is 457 g/mol. The van der Waals surface area contributed by atoms with E-state index in [0.29, 0.717) is 31.3 Å². The van der Waals surface area contributed by atoms with Crippen molar-refractivity contribution < 1.29 is 17.9 Å². The van der Waals surface area contributed by atoms with E-state index in [1.54, 1.807) is 0 Å². The number of nitrogens with one attached hydrogen (secondary N) is 2. The zero-order valence-electron chi connectivity index (χ0n) is 18.9. The summed E-state index contributed by atoms with van der Waals surface area (Å²) < 4.78 is 30.7. The van der Waals surface area contributed by atoms with E-state index in [9.17, 15) is 13.2 Å². The summed E-state index contributed by atoms with van der Waals surface area (Å²) in [6.45, 7) is 8.00. The third-order valence-corrected chi connectivity index (χ3v) is 8.92. The van der Waals surface area contributed by atoms with Crippen molar-refractivity contribution in [1.29, 1.82) is 0 Å². The summed E-state index contributed by atoms with van der Waals surface area (Å²) in [5.74, 6) is 1.20. The Morgan fingerprint density at radius 3 is 2.62 bits per heavy atom. The molecule has 0 aliphatic carbocycles. The van der Waals surface area contributed by atoms with Crippen molar-refractivity contribution in [1.82, 2.24) is 5.32 Å². The molecule has 2 aromatic carbocycles. The quantitative estimate of drug-likeness (QED) is 0.664. The minimum Gasteiger partial charge on any atom is -0.489 e. The molecule has 0 spiro atoms. The summed E-state index contributed by atoms with van der Waals surface area (Å²) in [6.07, 6.45) is 0.234. The van der Waals surface area contributed by atoms with E-state index in [1.165, 1.54) is 5.56 Å². The molecule has 2 fully saturated rings. The Bertz CT molecular complexity index is 1080. The average Bonchev–Trinajstić information content (AvgIpc) is 3.31. The highest BCUT2D eigenvalue weighted by molar-refractivity contribution is 7.92. The lowest BCUT2D eigenvalue weighted by molar-refractivity contribution is -0.117. The zero-order chi connectivity index (χ0) is 22.9. The number of ether oxygens (including phenoxy) is 1. The molecule has 3 unspecified atom stereocenters. The van der Waals surface area contributed by atoms with Crippen molar-refractivity contribution in [2.45, 2.75) is 45.0 Å². The number of fused-ring (bicyclic) bond motifs is 1. The first-order valence-electron chi connectivity index (χ1n) is 11.3. The minimum absolute atomic E-state index is 0.0441. The molecule has 172 valence electrons. The van der Waals surface area contributed by atoms with Gasteiger partial charge in [0, 0.05) is 18.7 Å². The van der Waals surface area contributed by atoms with Gasteiger partial charge in [-0.25, -0.2) is 8.42 Å². The van der Waals surface area contributed by atoms with Gasteiger partial charge in [0.15, 0.2) is 9.84 Å². The molecular formula is C25H32N2O4S. The predicted octanol–water partition coefficient (Wildman–Crippen LogP) is 3.66. The summed E-state index contributed by atoms with van der Waals surface area (Å²) in [6, 6.07) is 13.9. The second kappa shape index (κ2) is 9.24. The van der Waals surface area contributed by atoms with Crippen LogP contribution < -0.4 is 15.4 Å². The number of sulfone groups is 1. The smallest absolute Gasteiger partial charge is 0.224 e. The van der Waals surface area contributed by atoms with Gasteiger partial charge in [0.2, 0.25) is 5.91 Å². The van der Waals surface area contributed by atoms with Gasteiger partial charge in [-0.1, -0.05) is 38.1 Å². The summed E-state index contributed by atoms with van der Waals surface area (Å²) in [5, 5.41) is 5.74. The maximum Gasteiger partial charge on any atom is 0.224 e. The molecule has 1 amide bonds. The van der Waals surface area contributed by atoms with Gasteiger partial charge in [0.05, 0.1) is 11.0 Å². The van der Waals surface area contributed by atoms with Crippen LogP contribution >= 0.6 is 0 Å². The maximum absolute atomic E-state index is 12.5. The topological polar surface area (TPSA) is 84.5 Å². The third-order valence-electron chi connectivity index (χ3n) is 6.59. The number of carbonyl (C=O) groups excluding carboxylic acids is 1. The first-order valence-corrected chi connectivity index (χ1v) is 13.0. The van der Waals surface area contributed by atoms with Gasteiger partial charge in [0.1, 0.15) is 12.4 Å². The van der Waals surface area contributed by atoms with Crippen molar-refractivity contribution in [2.24, 2.45) is 11.8 Å². The van der Waals surface area contributed by atoms with Gasteiger partial charge in [-0.2, -0.15) is 0 Å². The molecule has 2 N–H and O–H groups in total. The van der Waals surface area contributed by atoms with Crippen LogP contribution in [0.2, 0.25) is 0 Å². The second-order valence-corrected chi connectivity index (χ2v) is 11.6. The molecule has 6 nitrogen and oxygen atoms in total. The highest BCUT2D eigenvalue weighted by Gasteiger charge is 2.49. The van der Waals surface area contributed by atoms with Crippen LogP contribution in [0.4, 0.5) is 5.69 Å². The normalized spacial score (nSPS) is 23.8. The van der Waals surface area contributed by atoms with Crippen molar-refractivity contribution in [2.75, 3.05) is 24.2 Å². The summed E-state index contributed by atoms with van der Waals surface area (Å²) in [4.78, 5) is 12.5. The van der Waals surface area contributed by atoms with Crippen molar-refractivity contribution >= 4 is 21.4 Å². The highest BCUT2D eigenvalue weighted by atomic mass is 32.2. The molecule has 32 heavy (non-hydrogen) atoms. The van der Waals surface area contributed by atoms with Crippen LogP contribution in [-0.4, -0.2) is 38.4 Å². The van der Waals surface area contributed by atoms with E-state index in [2.05, 4.69) is 49.6 Å². The van der Waals surface area contributed by atoms with Gasteiger partial charge in [0.25, 0.3) is 0 Å². The lowest BCUT2D eigenvalue weighted by Gasteiger charge is -2.16. The number of rotatable bonds is 7. The van der Waals surface area contributed by atoms with Crippen LogP contribution in [0.3, 0.4) is 0 Å². The number of benzene rings is 2.